The topological polar surface area (TPSA) is 86.5 Å². The normalized spacial score (nSPS) is 17.5. The van der Waals surface area contributed by atoms with E-state index >= 15 is 0 Å². The fraction of sp³-hybridized carbons (Fsp3) is 0.400. The number of morpholine rings is 1. The van der Waals surface area contributed by atoms with Crippen LogP contribution < -0.4 is 0 Å². The maximum absolute atomic E-state index is 12.3. The first-order valence-corrected chi connectivity index (χ1v) is 6.61. The van der Waals surface area contributed by atoms with Crippen LogP contribution in [0.3, 0.4) is 0 Å². The fourth-order valence-electron chi connectivity index (χ4n) is 1.89. The molecule has 1 aliphatic heterocycles. The maximum Gasteiger partial charge on any atom is 0.272 e. The van der Waals surface area contributed by atoms with Crippen molar-refractivity contribution in [1.82, 2.24) is 9.88 Å². The number of nitriles is 1. The van der Waals surface area contributed by atoms with E-state index in [-0.39, 0.29) is 19.1 Å². The Labute approximate surface area is 123 Å². The minimum absolute atomic E-state index is 0.0219. The molecular formula is C15H15N3O3. The Balaban J connectivity index is 2.03. The number of carbonyl (C=O) groups excluding carboxylic acids is 1. The van der Waals surface area contributed by atoms with Crippen molar-refractivity contribution in [3.63, 3.8) is 0 Å². The van der Waals surface area contributed by atoms with Gasteiger partial charge in [-0.15, -0.1) is 0 Å². The smallest absolute Gasteiger partial charge is 0.272 e. The van der Waals surface area contributed by atoms with Crippen molar-refractivity contribution in [3.8, 4) is 17.9 Å². The van der Waals surface area contributed by atoms with Crippen molar-refractivity contribution in [1.29, 1.82) is 5.26 Å². The van der Waals surface area contributed by atoms with Gasteiger partial charge in [0.15, 0.2) is 6.10 Å². The maximum atomic E-state index is 12.3. The highest BCUT2D eigenvalue weighted by Crippen LogP contribution is 2.09. The van der Waals surface area contributed by atoms with Crippen molar-refractivity contribution in [2.45, 2.75) is 12.5 Å². The Morgan fingerprint density at radius 1 is 1.57 bits per heavy atom. The first-order valence-electron chi connectivity index (χ1n) is 6.61. The summed E-state index contributed by atoms with van der Waals surface area (Å²) >= 11 is 0. The predicted molar refractivity (Wildman–Crippen MR) is 74.1 cm³/mol. The highest BCUT2D eigenvalue weighted by molar-refractivity contribution is 5.92. The molecular weight excluding hydrogens is 270 g/mol. The van der Waals surface area contributed by atoms with Gasteiger partial charge in [0, 0.05) is 24.7 Å². The van der Waals surface area contributed by atoms with Gasteiger partial charge in [0.25, 0.3) is 5.91 Å². The molecule has 21 heavy (non-hydrogen) atoms. The Bertz CT molecular complexity index is 595. The molecule has 0 aliphatic carbocycles. The number of hydrogen-bond acceptors (Lipinski definition) is 5. The number of ether oxygens (including phenoxy) is 1. The summed E-state index contributed by atoms with van der Waals surface area (Å²) in [4.78, 5) is 17.9. The van der Waals surface area contributed by atoms with Gasteiger partial charge in [0.1, 0.15) is 5.69 Å². The van der Waals surface area contributed by atoms with E-state index in [1.165, 1.54) is 6.20 Å². The highest BCUT2D eigenvalue weighted by Gasteiger charge is 2.25. The molecule has 1 unspecified atom stereocenters. The molecule has 0 aromatic carbocycles. The summed E-state index contributed by atoms with van der Waals surface area (Å²) in [5.41, 5.74) is 1.01. The van der Waals surface area contributed by atoms with Crippen molar-refractivity contribution in [2.24, 2.45) is 0 Å². The van der Waals surface area contributed by atoms with Gasteiger partial charge in [-0.2, -0.15) is 5.26 Å². The first kappa shape index (κ1) is 15.0. The number of nitrogens with zero attached hydrogens (tertiary/aromatic N) is 3. The van der Waals surface area contributed by atoms with E-state index in [0.29, 0.717) is 30.8 Å². The molecule has 1 aliphatic rings. The quantitative estimate of drug-likeness (QED) is 0.783. The minimum Gasteiger partial charge on any atom is -0.395 e. The van der Waals surface area contributed by atoms with E-state index in [2.05, 4.69) is 16.8 Å². The third-order valence-electron chi connectivity index (χ3n) is 2.95. The predicted octanol–water partition coefficient (Wildman–Crippen LogP) is 0.180. The van der Waals surface area contributed by atoms with Crippen LogP contribution in [-0.2, 0) is 4.74 Å². The molecule has 6 heteroatoms. The number of amides is 1. The van der Waals surface area contributed by atoms with Gasteiger partial charge in [-0.25, -0.2) is 4.98 Å². The zero-order valence-electron chi connectivity index (χ0n) is 11.5. The molecule has 0 saturated carbocycles. The van der Waals surface area contributed by atoms with Gasteiger partial charge < -0.3 is 14.7 Å². The Morgan fingerprint density at radius 3 is 3.10 bits per heavy atom. The lowest BCUT2D eigenvalue weighted by Crippen LogP contribution is -2.45. The third-order valence-corrected chi connectivity index (χ3v) is 2.95. The molecule has 1 saturated heterocycles. The number of aliphatic hydroxyl groups is 1. The van der Waals surface area contributed by atoms with Gasteiger partial charge in [-0.3, -0.25) is 4.79 Å². The molecule has 2 rings (SSSR count). The van der Waals surface area contributed by atoms with Gasteiger partial charge in [0.2, 0.25) is 0 Å². The second-order valence-electron chi connectivity index (χ2n) is 4.45. The Morgan fingerprint density at radius 2 is 2.43 bits per heavy atom. The van der Waals surface area contributed by atoms with Crippen LogP contribution in [0.2, 0.25) is 0 Å². The number of rotatable bonds is 2. The second-order valence-corrected chi connectivity index (χ2v) is 4.45. The Kier molecular flexibility index (Phi) is 5.28. The zero-order chi connectivity index (χ0) is 15.1. The minimum atomic E-state index is -0.577. The van der Waals surface area contributed by atoms with Crippen molar-refractivity contribution in [3.05, 3.63) is 29.6 Å². The highest BCUT2D eigenvalue weighted by atomic mass is 16.5. The molecule has 108 valence electrons. The van der Waals surface area contributed by atoms with E-state index in [9.17, 15) is 4.79 Å². The SMILES string of the molecule is N#CC1CN(C(=O)c2ccc(C#CCCO)cn2)CCO1. The average Bonchev–Trinajstić information content (AvgIpc) is 2.55. The summed E-state index contributed by atoms with van der Waals surface area (Å²) in [6.45, 7) is 1.09. The van der Waals surface area contributed by atoms with E-state index in [0.717, 1.165) is 0 Å². The zero-order valence-corrected chi connectivity index (χ0v) is 11.5. The van der Waals surface area contributed by atoms with Crippen LogP contribution in [0, 0.1) is 23.2 Å². The molecule has 1 fully saturated rings. The van der Waals surface area contributed by atoms with E-state index in [1.807, 2.05) is 6.07 Å². The lowest BCUT2D eigenvalue weighted by Gasteiger charge is -2.29. The summed E-state index contributed by atoms with van der Waals surface area (Å²) in [6.07, 6.45) is 1.36. The van der Waals surface area contributed by atoms with Crippen LogP contribution in [0.1, 0.15) is 22.5 Å². The molecule has 1 aromatic rings. The van der Waals surface area contributed by atoms with Crippen LogP contribution in [0.25, 0.3) is 0 Å². The molecule has 2 heterocycles. The molecule has 6 nitrogen and oxygen atoms in total. The molecule has 1 N–H and O–H groups in total. The Hall–Kier alpha value is -2.41. The van der Waals surface area contributed by atoms with E-state index < -0.39 is 6.10 Å². The monoisotopic (exact) mass is 285 g/mol. The molecule has 0 radical (unpaired) electrons. The summed E-state index contributed by atoms with van der Waals surface area (Å²) in [5, 5.41) is 17.5. The number of aliphatic hydroxyl groups excluding tert-OH is 1. The standard InChI is InChI=1S/C15H15N3O3/c16-9-13-11-18(6-8-21-13)15(20)14-5-4-12(10-17-14)3-1-2-7-19/h4-5,10,13,19H,2,6-8,11H2. The van der Waals surface area contributed by atoms with Crippen LogP contribution in [0.4, 0.5) is 0 Å². The second kappa shape index (κ2) is 7.39. The van der Waals surface area contributed by atoms with Gasteiger partial charge >= 0.3 is 0 Å². The first-order chi connectivity index (χ1) is 10.2. The molecule has 0 spiro atoms. The third kappa shape index (κ3) is 4.03. The van der Waals surface area contributed by atoms with Crippen molar-refractivity contribution >= 4 is 5.91 Å². The van der Waals surface area contributed by atoms with Crippen molar-refractivity contribution < 1.29 is 14.6 Å². The number of hydrogen-bond donors (Lipinski definition) is 1. The summed E-state index contributed by atoms with van der Waals surface area (Å²) in [5.74, 6) is 5.42. The van der Waals surface area contributed by atoms with E-state index in [4.69, 9.17) is 15.1 Å². The van der Waals surface area contributed by atoms with Gasteiger partial charge in [-0.05, 0) is 12.1 Å². The molecule has 0 bridgehead atoms. The van der Waals surface area contributed by atoms with Crippen LogP contribution >= 0.6 is 0 Å². The average molecular weight is 285 g/mol. The molecule has 1 atom stereocenters. The van der Waals surface area contributed by atoms with Crippen molar-refractivity contribution in [2.75, 3.05) is 26.3 Å². The fourth-order valence-corrected chi connectivity index (χ4v) is 1.89. The van der Waals surface area contributed by atoms with Crippen LogP contribution in [0.15, 0.2) is 18.3 Å². The van der Waals surface area contributed by atoms with Crippen LogP contribution in [0.5, 0.6) is 0 Å². The lowest BCUT2D eigenvalue weighted by atomic mass is 10.2. The molecule has 1 amide bonds. The summed E-state index contributed by atoms with van der Waals surface area (Å²) < 4.78 is 5.20. The van der Waals surface area contributed by atoms with Gasteiger partial charge in [-0.1, -0.05) is 11.8 Å². The van der Waals surface area contributed by atoms with Gasteiger partial charge in [0.05, 0.1) is 25.8 Å². The summed E-state index contributed by atoms with van der Waals surface area (Å²) in [7, 11) is 0. The largest absolute Gasteiger partial charge is 0.395 e. The molecule has 1 aromatic heterocycles. The summed E-state index contributed by atoms with van der Waals surface area (Å²) in [6, 6.07) is 5.33. The number of carbonyl (C=O) groups is 1. The number of aromatic nitrogens is 1. The lowest BCUT2D eigenvalue weighted by molar-refractivity contribution is 0.00320. The van der Waals surface area contributed by atoms with E-state index in [1.54, 1.807) is 17.0 Å². The number of pyridine rings is 1. The van der Waals surface area contributed by atoms with Crippen LogP contribution in [-0.4, -0.2) is 53.3 Å².